The molecule has 1 aromatic carbocycles. The fourth-order valence-electron chi connectivity index (χ4n) is 3.32. The number of non-ortho nitro benzene ring substituents is 1. The van der Waals surface area contributed by atoms with E-state index in [1.165, 1.54) is 16.4 Å². The summed E-state index contributed by atoms with van der Waals surface area (Å²) < 4.78 is 32.6. The van der Waals surface area contributed by atoms with E-state index < -0.39 is 14.9 Å². The number of nitro benzene ring substituents is 1. The van der Waals surface area contributed by atoms with Gasteiger partial charge in [-0.25, -0.2) is 8.42 Å². The van der Waals surface area contributed by atoms with Crippen molar-refractivity contribution in [2.45, 2.75) is 37.5 Å². The molecule has 27 heavy (non-hydrogen) atoms. The zero-order valence-electron chi connectivity index (χ0n) is 15.3. The van der Waals surface area contributed by atoms with Gasteiger partial charge in [-0.05, 0) is 31.2 Å². The lowest BCUT2D eigenvalue weighted by atomic mass is 9.89. The second kappa shape index (κ2) is 8.32. The second-order valence-electron chi connectivity index (χ2n) is 6.82. The number of nitro groups is 1. The summed E-state index contributed by atoms with van der Waals surface area (Å²) in [5.74, 6) is 0.337. The SMILES string of the molecule is CC1CCCCC1=NNc1ccc([N+](=O)[O-])cc1S(=O)(=O)N1CCOCC1. The monoisotopic (exact) mass is 396 g/mol. The minimum atomic E-state index is -3.90. The third-order valence-corrected chi connectivity index (χ3v) is 6.91. The molecule has 0 bridgehead atoms. The summed E-state index contributed by atoms with van der Waals surface area (Å²) in [6.45, 7) is 3.14. The van der Waals surface area contributed by atoms with Crippen molar-refractivity contribution >= 4 is 27.1 Å². The average molecular weight is 396 g/mol. The number of anilines is 1. The molecular formula is C17H24N4O5S. The number of hydrazone groups is 1. The molecule has 0 spiro atoms. The maximum Gasteiger partial charge on any atom is 0.270 e. The van der Waals surface area contributed by atoms with Gasteiger partial charge in [0.15, 0.2) is 0 Å². The van der Waals surface area contributed by atoms with Crippen LogP contribution in [0.5, 0.6) is 0 Å². The van der Waals surface area contributed by atoms with Gasteiger partial charge in [0.2, 0.25) is 10.0 Å². The maximum absolute atomic E-state index is 13.1. The van der Waals surface area contributed by atoms with E-state index in [-0.39, 0.29) is 29.4 Å². The summed E-state index contributed by atoms with van der Waals surface area (Å²) in [6.07, 6.45) is 4.14. The molecule has 0 amide bonds. The Balaban J connectivity index is 1.95. The molecule has 2 aliphatic rings. The highest BCUT2D eigenvalue weighted by Crippen LogP contribution is 2.30. The quantitative estimate of drug-likeness (QED) is 0.604. The summed E-state index contributed by atoms with van der Waals surface area (Å²) in [6, 6.07) is 3.78. The van der Waals surface area contributed by atoms with Crippen LogP contribution in [0.3, 0.4) is 0 Å². The van der Waals surface area contributed by atoms with Crippen LogP contribution in [0.25, 0.3) is 0 Å². The third-order valence-electron chi connectivity index (χ3n) is 4.97. The minimum Gasteiger partial charge on any atom is -0.379 e. The van der Waals surface area contributed by atoms with Crippen molar-refractivity contribution in [2.75, 3.05) is 31.7 Å². The number of hydrogen-bond donors (Lipinski definition) is 1. The molecule has 2 fully saturated rings. The van der Waals surface area contributed by atoms with E-state index in [1.807, 2.05) is 0 Å². The standard InChI is InChI=1S/C17H24N4O5S/c1-13-4-2-3-5-15(13)18-19-16-7-6-14(21(22)23)12-17(16)27(24,25)20-8-10-26-11-9-20/h6-7,12-13,19H,2-5,8-11H2,1H3. The van der Waals surface area contributed by atoms with Crippen LogP contribution in [0.1, 0.15) is 32.6 Å². The summed E-state index contributed by atoms with van der Waals surface area (Å²) in [4.78, 5) is 10.4. The molecule has 0 aromatic heterocycles. The smallest absolute Gasteiger partial charge is 0.270 e. The fraction of sp³-hybridized carbons (Fsp3) is 0.588. The Bertz CT molecular complexity index is 834. The van der Waals surface area contributed by atoms with Gasteiger partial charge in [0, 0.05) is 30.9 Å². The zero-order valence-corrected chi connectivity index (χ0v) is 16.1. The molecule has 3 rings (SSSR count). The Morgan fingerprint density at radius 1 is 1.30 bits per heavy atom. The van der Waals surface area contributed by atoms with Crippen LogP contribution in [0.2, 0.25) is 0 Å². The molecule has 1 N–H and O–H groups in total. The molecule has 148 valence electrons. The summed E-state index contributed by atoms with van der Waals surface area (Å²) in [5, 5.41) is 15.6. The van der Waals surface area contributed by atoms with Crippen molar-refractivity contribution in [3.8, 4) is 0 Å². The average Bonchev–Trinajstić information content (AvgIpc) is 2.68. The third kappa shape index (κ3) is 4.45. The number of sulfonamides is 1. The van der Waals surface area contributed by atoms with Crippen LogP contribution in [-0.4, -0.2) is 49.7 Å². The Hall–Kier alpha value is -2.04. The number of nitrogens with one attached hydrogen (secondary N) is 1. The van der Waals surface area contributed by atoms with Gasteiger partial charge < -0.3 is 4.74 Å². The molecule has 9 nitrogen and oxygen atoms in total. The minimum absolute atomic E-state index is 0.133. The van der Waals surface area contributed by atoms with Crippen molar-refractivity contribution in [1.82, 2.24) is 4.31 Å². The van der Waals surface area contributed by atoms with E-state index in [1.54, 1.807) is 0 Å². The van der Waals surface area contributed by atoms with Crippen molar-refractivity contribution in [1.29, 1.82) is 0 Å². The topological polar surface area (TPSA) is 114 Å². The lowest BCUT2D eigenvalue weighted by molar-refractivity contribution is -0.385. The van der Waals surface area contributed by atoms with Gasteiger partial charge in [-0.3, -0.25) is 15.5 Å². The largest absolute Gasteiger partial charge is 0.379 e. The molecule has 1 atom stereocenters. The Kier molecular flexibility index (Phi) is 6.08. The van der Waals surface area contributed by atoms with E-state index in [9.17, 15) is 18.5 Å². The Labute approximate surface area is 158 Å². The second-order valence-corrected chi connectivity index (χ2v) is 8.72. The Morgan fingerprint density at radius 3 is 2.70 bits per heavy atom. The van der Waals surface area contributed by atoms with Crippen molar-refractivity contribution in [3.05, 3.63) is 28.3 Å². The first kappa shape index (κ1) is 19.7. The predicted octanol–water partition coefficient (Wildman–Crippen LogP) is 2.59. The molecule has 1 unspecified atom stereocenters. The zero-order chi connectivity index (χ0) is 19.4. The van der Waals surface area contributed by atoms with E-state index in [2.05, 4.69) is 17.5 Å². The van der Waals surface area contributed by atoms with Crippen molar-refractivity contribution < 1.29 is 18.1 Å². The van der Waals surface area contributed by atoms with Gasteiger partial charge in [-0.1, -0.05) is 13.3 Å². The molecule has 1 saturated heterocycles. The van der Waals surface area contributed by atoms with Crippen LogP contribution < -0.4 is 5.43 Å². The fourth-order valence-corrected chi connectivity index (χ4v) is 4.89. The maximum atomic E-state index is 13.1. The number of rotatable bonds is 5. The molecule has 0 radical (unpaired) electrons. The first-order valence-electron chi connectivity index (χ1n) is 9.08. The number of nitrogens with zero attached hydrogens (tertiary/aromatic N) is 3. The van der Waals surface area contributed by atoms with Gasteiger partial charge in [0.1, 0.15) is 4.90 Å². The molecule has 1 heterocycles. The number of morpholine rings is 1. The van der Waals surface area contributed by atoms with E-state index in [0.717, 1.165) is 37.5 Å². The van der Waals surface area contributed by atoms with E-state index in [0.29, 0.717) is 19.1 Å². The van der Waals surface area contributed by atoms with Gasteiger partial charge in [0.05, 0.1) is 23.8 Å². The van der Waals surface area contributed by atoms with Crippen LogP contribution in [0.15, 0.2) is 28.2 Å². The number of benzene rings is 1. The molecule has 1 aliphatic carbocycles. The molecule has 1 aliphatic heterocycles. The first-order chi connectivity index (χ1) is 12.9. The van der Waals surface area contributed by atoms with Crippen LogP contribution in [0, 0.1) is 16.0 Å². The lowest BCUT2D eigenvalue weighted by Crippen LogP contribution is -2.40. The normalized spacial score (nSPS) is 23.3. The van der Waals surface area contributed by atoms with Gasteiger partial charge >= 0.3 is 0 Å². The van der Waals surface area contributed by atoms with Crippen molar-refractivity contribution in [3.63, 3.8) is 0 Å². The highest BCUT2D eigenvalue weighted by molar-refractivity contribution is 7.89. The van der Waals surface area contributed by atoms with Gasteiger partial charge in [-0.15, -0.1) is 0 Å². The summed E-state index contributed by atoms with van der Waals surface area (Å²) >= 11 is 0. The number of ether oxygens (including phenoxy) is 1. The molecular weight excluding hydrogens is 372 g/mol. The predicted molar refractivity (Wildman–Crippen MR) is 101 cm³/mol. The highest BCUT2D eigenvalue weighted by atomic mass is 32.2. The number of hydrogen-bond acceptors (Lipinski definition) is 7. The highest BCUT2D eigenvalue weighted by Gasteiger charge is 2.30. The summed E-state index contributed by atoms with van der Waals surface area (Å²) in [5.41, 5.74) is 3.82. The first-order valence-corrected chi connectivity index (χ1v) is 10.5. The van der Waals surface area contributed by atoms with E-state index in [4.69, 9.17) is 4.74 Å². The van der Waals surface area contributed by atoms with Gasteiger partial charge in [-0.2, -0.15) is 9.41 Å². The molecule has 1 saturated carbocycles. The summed E-state index contributed by atoms with van der Waals surface area (Å²) in [7, 11) is -3.90. The molecule has 1 aromatic rings. The van der Waals surface area contributed by atoms with Crippen LogP contribution in [0.4, 0.5) is 11.4 Å². The van der Waals surface area contributed by atoms with Crippen LogP contribution in [-0.2, 0) is 14.8 Å². The van der Waals surface area contributed by atoms with Crippen LogP contribution >= 0.6 is 0 Å². The lowest BCUT2D eigenvalue weighted by Gasteiger charge is -2.27. The van der Waals surface area contributed by atoms with Crippen molar-refractivity contribution in [2.24, 2.45) is 11.0 Å². The van der Waals surface area contributed by atoms with E-state index >= 15 is 0 Å². The molecule has 10 heteroatoms. The Morgan fingerprint density at radius 2 is 2.04 bits per heavy atom. The van der Waals surface area contributed by atoms with Gasteiger partial charge in [0.25, 0.3) is 5.69 Å².